The molecule has 0 bridgehead atoms. The van der Waals surface area contributed by atoms with Crippen molar-refractivity contribution in [2.24, 2.45) is 17.2 Å². The van der Waals surface area contributed by atoms with Crippen LogP contribution in [0.1, 0.15) is 67.8 Å². The number of nitrogens with one attached hydrogen (secondary N) is 2. The van der Waals surface area contributed by atoms with Gasteiger partial charge in [-0.15, -0.1) is 0 Å². The number of benzene rings is 1. The quantitative estimate of drug-likeness (QED) is 0.343. The van der Waals surface area contributed by atoms with Gasteiger partial charge < -0.3 is 25.6 Å². The van der Waals surface area contributed by atoms with E-state index in [4.69, 9.17) is 5.21 Å². The van der Waals surface area contributed by atoms with Gasteiger partial charge in [-0.2, -0.15) is 18.2 Å². The molecule has 9 nitrogen and oxygen atoms in total. The Morgan fingerprint density at radius 1 is 1.12 bits per heavy atom. The molecule has 1 saturated heterocycles. The van der Waals surface area contributed by atoms with Gasteiger partial charge in [0.25, 0.3) is 5.91 Å². The third-order valence-corrected chi connectivity index (χ3v) is 8.81. The normalized spacial score (nSPS) is 22.7. The van der Waals surface area contributed by atoms with Crippen molar-refractivity contribution >= 4 is 23.4 Å². The number of hydrogen-bond acceptors (Lipinski definition) is 8. The lowest BCUT2D eigenvalue weighted by molar-refractivity contribution is -0.137. The minimum absolute atomic E-state index is 0.0294. The Bertz CT molecular complexity index is 1150. The molecule has 3 fully saturated rings. The molecule has 2 heterocycles. The van der Waals surface area contributed by atoms with Crippen LogP contribution in [0.25, 0.3) is 0 Å². The molecule has 1 amide bonds. The van der Waals surface area contributed by atoms with Crippen molar-refractivity contribution in [2.75, 3.05) is 37.8 Å². The van der Waals surface area contributed by atoms with Crippen LogP contribution in [-0.2, 0) is 6.18 Å². The zero-order valence-electron chi connectivity index (χ0n) is 23.3. The first-order valence-corrected chi connectivity index (χ1v) is 13.8. The summed E-state index contributed by atoms with van der Waals surface area (Å²) in [6.07, 6.45) is 3.32. The summed E-state index contributed by atoms with van der Waals surface area (Å²) >= 11 is 0. The number of amides is 1. The van der Waals surface area contributed by atoms with Gasteiger partial charge in [-0.1, -0.05) is 13.3 Å². The first-order valence-electron chi connectivity index (χ1n) is 13.8. The van der Waals surface area contributed by atoms with Crippen molar-refractivity contribution in [2.45, 2.75) is 70.1 Å². The average Bonchev–Trinajstić information content (AvgIpc) is 3.51. The second kappa shape index (κ2) is 12.3. The third kappa shape index (κ3) is 6.84. The number of carbonyl (C=O) groups excluding carboxylic acids is 1. The largest absolute Gasteiger partial charge is 0.421 e. The van der Waals surface area contributed by atoms with Gasteiger partial charge in [0.2, 0.25) is 5.95 Å². The zero-order valence-corrected chi connectivity index (χ0v) is 23.3. The summed E-state index contributed by atoms with van der Waals surface area (Å²) in [6, 6.07) is 7.08. The Labute approximate surface area is 233 Å². The summed E-state index contributed by atoms with van der Waals surface area (Å²) < 4.78 is 41.4. The van der Waals surface area contributed by atoms with Crippen LogP contribution in [0.15, 0.2) is 30.5 Å². The van der Waals surface area contributed by atoms with Gasteiger partial charge in [0.05, 0.1) is 0 Å². The van der Waals surface area contributed by atoms with Crippen LogP contribution in [-0.4, -0.2) is 70.2 Å². The number of piperidine rings is 1. The van der Waals surface area contributed by atoms with Crippen molar-refractivity contribution in [3.8, 4) is 0 Å². The molecule has 2 saturated carbocycles. The van der Waals surface area contributed by atoms with Crippen LogP contribution in [0.3, 0.4) is 0 Å². The maximum absolute atomic E-state index is 13.8. The zero-order chi connectivity index (χ0) is 29.1. The molecule has 1 aromatic heterocycles. The minimum Gasteiger partial charge on any atom is -0.366 e. The molecule has 1 unspecified atom stereocenters. The lowest BCUT2D eigenvalue weighted by Crippen LogP contribution is -2.44. The van der Waals surface area contributed by atoms with Gasteiger partial charge >= 0.3 is 6.18 Å². The molecule has 2 atom stereocenters. The Morgan fingerprint density at radius 3 is 2.38 bits per heavy atom. The fourth-order valence-electron chi connectivity index (χ4n) is 6.05. The topological polar surface area (TPSA) is 120 Å². The standard InChI is InChI=1S/C28H37F3N6O.H3NO/c1-27(13-14-27)21-5-4-6-23(21)34-24-22(28(29,30)31)17-32-26(35-24)33-19-9-7-18(8-10-19)25(38)37(3)20-11-15-36(2)16-12-20;1-2/h7-10,17,20-21,23H,4-6,11-16H2,1-3H3,(H2,32,33,34,35);2H,1H2/t21-,23?;/m0./s1. The Morgan fingerprint density at radius 2 is 1.77 bits per heavy atom. The number of nitrogens with zero attached hydrogens (tertiary/aromatic N) is 4. The Balaban J connectivity index is 0.00000181. The summed E-state index contributed by atoms with van der Waals surface area (Å²) in [6.45, 7) is 4.17. The highest BCUT2D eigenvalue weighted by Crippen LogP contribution is 2.57. The predicted octanol–water partition coefficient (Wildman–Crippen LogP) is 5.12. The molecule has 1 aromatic carbocycles. The monoisotopic (exact) mass is 563 g/mol. The Kier molecular flexibility index (Phi) is 9.21. The summed E-state index contributed by atoms with van der Waals surface area (Å²) in [5.41, 5.74) is 0.529. The number of halogens is 3. The van der Waals surface area contributed by atoms with Gasteiger partial charge in [-0.25, -0.2) is 10.9 Å². The van der Waals surface area contributed by atoms with Crippen molar-refractivity contribution < 1.29 is 23.2 Å². The molecular weight excluding hydrogens is 523 g/mol. The van der Waals surface area contributed by atoms with Crippen molar-refractivity contribution in [1.82, 2.24) is 19.8 Å². The number of hydrogen-bond donors (Lipinski definition) is 4. The summed E-state index contributed by atoms with van der Waals surface area (Å²) in [4.78, 5) is 25.3. The van der Waals surface area contributed by atoms with E-state index in [1.807, 2.05) is 11.9 Å². The first kappa shape index (κ1) is 30.0. The highest BCUT2D eigenvalue weighted by atomic mass is 19.4. The van der Waals surface area contributed by atoms with Crippen LogP contribution in [0, 0.1) is 11.3 Å². The van der Waals surface area contributed by atoms with Gasteiger partial charge in [-0.05, 0) is 94.3 Å². The molecule has 3 aliphatic rings. The number of carbonyl (C=O) groups is 1. The van der Waals surface area contributed by atoms with Crippen LogP contribution in [0.4, 0.5) is 30.6 Å². The molecule has 5 N–H and O–H groups in total. The van der Waals surface area contributed by atoms with E-state index in [-0.39, 0.29) is 35.2 Å². The van der Waals surface area contributed by atoms with E-state index in [0.717, 1.165) is 64.2 Å². The molecule has 0 radical (unpaired) electrons. The van der Waals surface area contributed by atoms with E-state index >= 15 is 0 Å². The van der Waals surface area contributed by atoms with Gasteiger partial charge in [0, 0.05) is 36.6 Å². The molecule has 5 rings (SSSR count). The fraction of sp³-hybridized carbons (Fsp3) is 0.607. The van der Waals surface area contributed by atoms with E-state index in [1.54, 1.807) is 24.3 Å². The maximum Gasteiger partial charge on any atom is 0.421 e. The van der Waals surface area contributed by atoms with Crippen LogP contribution in [0.5, 0.6) is 0 Å². The number of rotatable bonds is 7. The fourth-order valence-corrected chi connectivity index (χ4v) is 6.05. The number of nitrogens with two attached hydrogens (primary N) is 1. The second-order valence-corrected chi connectivity index (χ2v) is 11.5. The van der Waals surface area contributed by atoms with Crippen molar-refractivity contribution in [1.29, 1.82) is 0 Å². The smallest absolute Gasteiger partial charge is 0.366 e. The van der Waals surface area contributed by atoms with E-state index in [2.05, 4.69) is 45.4 Å². The molecule has 12 heteroatoms. The minimum atomic E-state index is -4.56. The number of alkyl halides is 3. The molecule has 220 valence electrons. The van der Waals surface area contributed by atoms with Gasteiger partial charge in [0.15, 0.2) is 0 Å². The van der Waals surface area contributed by atoms with E-state index < -0.39 is 11.7 Å². The summed E-state index contributed by atoms with van der Waals surface area (Å²) in [5, 5.41) is 12.7. The summed E-state index contributed by atoms with van der Waals surface area (Å²) in [5.74, 6) is 3.71. The molecule has 2 aromatic rings. The predicted molar refractivity (Wildman–Crippen MR) is 147 cm³/mol. The van der Waals surface area contributed by atoms with Crippen molar-refractivity contribution in [3.63, 3.8) is 0 Å². The van der Waals surface area contributed by atoms with Crippen molar-refractivity contribution in [3.05, 3.63) is 41.6 Å². The molecule has 0 spiro atoms. The third-order valence-electron chi connectivity index (χ3n) is 8.81. The van der Waals surface area contributed by atoms with Gasteiger partial charge in [0.1, 0.15) is 11.4 Å². The molecule has 1 aliphatic heterocycles. The van der Waals surface area contributed by atoms with E-state index in [0.29, 0.717) is 17.2 Å². The maximum atomic E-state index is 13.8. The van der Waals surface area contributed by atoms with E-state index in [1.165, 1.54) is 0 Å². The number of anilines is 3. The lowest BCUT2D eigenvalue weighted by atomic mass is 9.86. The van der Waals surface area contributed by atoms with Gasteiger partial charge in [-0.3, -0.25) is 4.79 Å². The number of likely N-dealkylation sites (tertiary alicyclic amines) is 1. The Hall–Kier alpha value is -2.96. The molecular formula is C28H40F3N7O2. The summed E-state index contributed by atoms with van der Waals surface area (Å²) in [7, 11) is 3.93. The second-order valence-electron chi connectivity index (χ2n) is 11.5. The average molecular weight is 564 g/mol. The highest BCUT2D eigenvalue weighted by molar-refractivity contribution is 5.94. The molecule has 2 aliphatic carbocycles. The lowest BCUT2D eigenvalue weighted by Gasteiger charge is -2.35. The SMILES string of the molecule is CN1CCC(N(C)C(=O)c2ccc(Nc3ncc(C(F)(F)F)c(NC4CCC[C@@H]4C4(C)CC4)n3)cc2)CC1.NO. The highest BCUT2D eigenvalue weighted by Gasteiger charge is 2.50. The molecule has 40 heavy (non-hydrogen) atoms. The van der Waals surface area contributed by atoms with Crippen LogP contribution < -0.4 is 16.5 Å². The van der Waals surface area contributed by atoms with Crippen LogP contribution >= 0.6 is 0 Å². The first-order chi connectivity index (χ1) is 19.0. The van der Waals surface area contributed by atoms with Crippen LogP contribution in [0.2, 0.25) is 0 Å². The van der Waals surface area contributed by atoms with E-state index in [9.17, 15) is 18.0 Å². The number of aromatic nitrogens is 2.